The molecule has 0 radical (unpaired) electrons. The summed E-state index contributed by atoms with van der Waals surface area (Å²) in [6, 6.07) is 3.88. The van der Waals surface area contributed by atoms with Crippen molar-refractivity contribution in [3.63, 3.8) is 0 Å². The first-order valence-corrected chi connectivity index (χ1v) is 7.10. The van der Waals surface area contributed by atoms with Crippen molar-refractivity contribution >= 4 is 37.8 Å². The van der Waals surface area contributed by atoms with Crippen molar-refractivity contribution in [1.29, 1.82) is 0 Å². The van der Waals surface area contributed by atoms with Gasteiger partial charge in [0.15, 0.2) is 0 Å². The molecule has 0 amide bonds. The molecule has 1 aromatic rings. The monoisotopic (exact) mass is 364 g/mol. The van der Waals surface area contributed by atoms with Gasteiger partial charge in [-0.15, -0.1) is 0 Å². The molecule has 0 bridgehead atoms. The normalized spacial score (nSPS) is 10.1. The first-order valence-electron chi connectivity index (χ1n) is 5.19. The van der Waals surface area contributed by atoms with Gasteiger partial charge in [-0.2, -0.15) is 0 Å². The Balaban J connectivity index is 3.00. The van der Waals surface area contributed by atoms with Gasteiger partial charge in [-0.05, 0) is 40.0 Å². The van der Waals surface area contributed by atoms with Crippen molar-refractivity contribution in [3.8, 4) is 5.75 Å². The van der Waals surface area contributed by atoms with Gasteiger partial charge in [-0.25, -0.2) is 0 Å². The Morgan fingerprint density at radius 3 is 2.65 bits per heavy atom. The Morgan fingerprint density at radius 1 is 1.41 bits per heavy atom. The Kier molecular flexibility index (Phi) is 5.98. The van der Waals surface area contributed by atoms with Gasteiger partial charge >= 0.3 is 5.97 Å². The minimum atomic E-state index is -0.234. The molecule has 94 valence electrons. The van der Waals surface area contributed by atoms with E-state index in [2.05, 4.69) is 31.9 Å². The minimum absolute atomic E-state index is 0.234. The second-order valence-electron chi connectivity index (χ2n) is 3.39. The number of benzene rings is 1. The van der Waals surface area contributed by atoms with Gasteiger partial charge < -0.3 is 9.47 Å². The van der Waals surface area contributed by atoms with E-state index >= 15 is 0 Å². The van der Waals surface area contributed by atoms with Gasteiger partial charge in [0.2, 0.25) is 0 Å². The molecule has 0 saturated carbocycles. The molecule has 1 rings (SSSR count). The van der Waals surface area contributed by atoms with E-state index in [1.165, 1.54) is 0 Å². The molecule has 0 heterocycles. The molecule has 1 aromatic carbocycles. The molecule has 5 heteroatoms. The van der Waals surface area contributed by atoms with Crippen LogP contribution < -0.4 is 4.74 Å². The number of carbonyl (C=O) groups is 1. The molecule has 0 aromatic heterocycles. The van der Waals surface area contributed by atoms with Crippen molar-refractivity contribution in [1.82, 2.24) is 0 Å². The van der Waals surface area contributed by atoms with E-state index in [1.807, 2.05) is 12.1 Å². The van der Waals surface area contributed by atoms with Crippen LogP contribution in [0.3, 0.4) is 0 Å². The fraction of sp³-hybridized carbons (Fsp3) is 0.417. The number of halogens is 2. The standard InChI is InChI=1S/C12H14Br2O3/c1-3-17-11(15)6-9-4-8(7-13)5-10(16-2)12(9)14/h4-5H,3,6-7H2,1-2H3. The van der Waals surface area contributed by atoms with E-state index in [-0.39, 0.29) is 12.4 Å². The predicted octanol–water partition coefficient (Wildman–Crippen LogP) is 3.46. The summed E-state index contributed by atoms with van der Waals surface area (Å²) in [5, 5.41) is 0.715. The zero-order valence-electron chi connectivity index (χ0n) is 9.76. The summed E-state index contributed by atoms with van der Waals surface area (Å²) in [7, 11) is 1.60. The summed E-state index contributed by atoms with van der Waals surface area (Å²) in [5.41, 5.74) is 1.93. The second kappa shape index (κ2) is 7.01. The van der Waals surface area contributed by atoms with Gasteiger partial charge in [0, 0.05) is 5.33 Å². The number of ether oxygens (including phenoxy) is 2. The van der Waals surface area contributed by atoms with E-state index in [4.69, 9.17) is 9.47 Å². The highest BCUT2D eigenvalue weighted by Crippen LogP contribution is 2.31. The highest BCUT2D eigenvalue weighted by Gasteiger charge is 2.13. The zero-order chi connectivity index (χ0) is 12.8. The summed E-state index contributed by atoms with van der Waals surface area (Å²) in [5.74, 6) is 0.489. The number of methoxy groups -OCH3 is 1. The average molecular weight is 366 g/mol. The van der Waals surface area contributed by atoms with Crippen molar-refractivity contribution in [2.24, 2.45) is 0 Å². The number of rotatable bonds is 5. The van der Waals surface area contributed by atoms with E-state index in [0.29, 0.717) is 11.9 Å². The summed E-state index contributed by atoms with van der Waals surface area (Å²) >= 11 is 6.83. The largest absolute Gasteiger partial charge is 0.496 e. The van der Waals surface area contributed by atoms with E-state index < -0.39 is 0 Å². The number of alkyl halides is 1. The molecular formula is C12H14Br2O3. The topological polar surface area (TPSA) is 35.5 Å². The fourth-order valence-corrected chi connectivity index (χ4v) is 2.30. The van der Waals surface area contributed by atoms with Crippen LogP contribution in [-0.4, -0.2) is 19.7 Å². The number of esters is 1. The fourth-order valence-electron chi connectivity index (χ4n) is 1.44. The van der Waals surface area contributed by atoms with Crippen LogP contribution in [-0.2, 0) is 21.3 Å². The van der Waals surface area contributed by atoms with Crippen LogP contribution in [0.25, 0.3) is 0 Å². The maximum absolute atomic E-state index is 11.5. The maximum Gasteiger partial charge on any atom is 0.310 e. The highest BCUT2D eigenvalue weighted by molar-refractivity contribution is 9.10. The van der Waals surface area contributed by atoms with Crippen molar-refractivity contribution < 1.29 is 14.3 Å². The van der Waals surface area contributed by atoms with Crippen LogP contribution >= 0.6 is 31.9 Å². The molecule has 0 fully saturated rings. The summed E-state index contributed by atoms with van der Waals surface area (Å²) < 4.78 is 11.0. The third-order valence-corrected chi connectivity index (χ3v) is 3.74. The summed E-state index contributed by atoms with van der Waals surface area (Å²) in [6.45, 7) is 2.19. The molecule has 0 aliphatic heterocycles. The summed E-state index contributed by atoms with van der Waals surface area (Å²) in [4.78, 5) is 11.5. The molecule has 0 unspecified atom stereocenters. The van der Waals surface area contributed by atoms with Crippen LogP contribution in [0.4, 0.5) is 0 Å². The van der Waals surface area contributed by atoms with Gasteiger partial charge in [-0.1, -0.05) is 22.0 Å². The molecule has 0 spiro atoms. The lowest BCUT2D eigenvalue weighted by atomic mass is 10.1. The Hall–Kier alpha value is -0.550. The lowest BCUT2D eigenvalue weighted by Crippen LogP contribution is -2.08. The molecule has 17 heavy (non-hydrogen) atoms. The second-order valence-corrected chi connectivity index (χ2v) is 4.74. The van der Waals surface area contributed by atoms with Gasteiger partial charge in [0.05, 0.1) is 24.6 Å². The Labute approximate surface area is 118 Å². The quantitative estimate of drug-likeness (QED) is 0.592. The Bertz CT molecular complexity index is 405. The van der Waals surface area contributed by atoms with Crippen LogP contribution in [0.1, 0.15) is 18.1 Å². The molecular weight excluding hydrogens is 352 g/mol. The maximum atomic E-state index is 11.5. The molecule has 0 saturated heterocycles. The third-order valence-electron chi connectivity index (χ3n) is 2.19. The van der Waals surface area contributed by atoms with E-state index in [9.17, 15) is 4.79 Å². The minimum Gasteiger partial charge on any atom is -0.496 e. The average Bonchev–Trinajstić information content (AvgIpc) is 2.32. The Morgan fingerprint density at radius 2 is 2.12 bits per heavy atom. The van der Waals surface area contributed by atoms with Gasteiger partial charge in [-0.3, -0.25) is 4.79 Å². The van der Waals surface area contributed by atoms with Crippen molar-refractivity contribution in [2.45, 2.75) is 18.7 Å². The lowest BCUT2D eigenvalue weighted by molar-refractivity contribution is -0.142. The smallest absolute Gasteiger partial charge is 0.310 e. The zero-order valence-corrected chi connectivity index (χ0v) is 12.9. The van der Waals surface area contributed by atoms with Gasteiger partial charge in [0.1, 0.15) is 5.75 Å². The first kappa shape index (κ1) is 14.5. The lowest BCUT2D eigenvalue weighted by Gasteiger charge is -2.11. The number of carbonyl (C=O) groups excluding carboxylic acids is 1. The van der Waals surface area contributed by atoms with Gasteiger partial charge in [0.25, 0.3) is 0 Å². The number of hydrogen-bond acceptors (Lipinski definition) is 3. The third kappa shape index (κ3) is 4.00. The predicted molar refractivity (Wildman–Crippen MR) is 73.7 cm³/mol. The molecule has 0 N–H and O–H groups in total. The highest BCUT2D eigenvalue weighted by atomic mass is 79.9. The van der Waals surface area contributed by atoms with Crippen LogP contribution in [0.15, 0.2) is 16.6 Å². The molecule has 3 nitrogen and oxygen atoms in total. The molecule has 0 atom stereocenters. The van der Waals surface area contributed by atoms with Crippen LogP contribution in [0.5, 0.6) is 5.75 Å². The van der Waals surface area contributed by atoms with E-state index in [1.54, 1.807) is 14.0 Å². The van der Waals surface area contributed by atoms with Crippen molar-refractivity contribution in [2.75, 3.05) is 13.7 Å². The number of hydrogen-bond donors (Lipinski definition) is 0. The van der Waals surface area contributed by atoms with Crippen molar-refractivity contribution in [3.05, 3.63) is 27.7 Å². The van der Waals surface area contributed by atoms with Crippen LogP contribution in [0, 0.1) is 0 Å². The molecule has 0 aliphatic rings. The molecule has 0 aliphatic carbocycles. The first-order chi connectivity index (χ1) is 8.12. The van der Waals surface area contributed by atoms with E-state index in [0.717, 1.165) is 21.3 Å². The summed E-state index contributed by atoms with van der Waals surface area (Å²) in [6.07, 6.45) is 0.242. The van der Waals surface area contributed by atoms with Crippen LogP contribution in [0.2, 0.25) is 0 Å². The SMILES string of the molecule is CCOC(=O)Cc1cc(CBr)cc(OC)c1Br.